The Morgan fingerprint density at radius 3 is 2.80 bits per heavy atom. The first-order chi connectivity index (χ1) is 12.1. The number of hydrogen-bond acceptors (Lipinski definition) is 7. The third-order valence-corrected chi connectivity index (χ3v) is 4.25. The van der Waals surface area contributed by atoms with Gasteiger partial charge >= 0.3 is 5.97 Å². The number of allylic oxidation sites excluding steroid dienone is 1. The topological polar surface area (TPSA) is 83.7 Å². The monoisotopic (exact) mass is 359 g/mol. The number of ether oxygens (including phenoxy) is 2. The molecule has 1 aromatic rings. The fraction of sp³-hybridized carbons (Fsp3) is 0.389. The van der Waals surface area contributed by atoms with E-state index in [1.807, 2.05) is 38.1 Å². The van der Waals surface area contributed by atoms with Crippen LogP contribution >= 0.6 is 11.8 Å². The van der Waals surface area contributed by atoms with Crippen molar-refractivity contribution in [1.82, 2.24) is 5.32 Å². The van der Waals surface area contributed by atoms with Gasteiger partial charge in [0.2, 0.25) is 0 Å². The zero-order valence-electron chi connectivity index (χ0n) is 14.5. The highest BCUT2D eigenvalue weighted by atomic mass is 32.2. The van der Waals surface area contributed by atoms with E-state index in [2.05, 4.69) is 16.4 Å². The van der Waals surface area contributed by atoms with Crippen LogP contribution in [-0.2, 0) is 9.53 Å². The Balaban J connectivity index is 2.49. The van der Waals surface area contributed by atoms with Gasteiger partial charge in [0.1, 0.15) is 11.8 Å². The number of esters is 1. The molecule has 6 nitrogen and oxygen atoms in total. The molecule has 0 bridgehead atoms. The predicted molar refractivity (Wildman–Crippen MR) is 98.3 cm³/mol. The summed E-state index contributed by atoms with van der Waals surface area (Å²) in [6.07, 6.45) is 0. The van der Waals surface area contributed by atoms with Gasteiger partial charge in [0.15, 0.2) is 5.17 Å². The zero-order valence-corrected chi connectivity index (χ0v) is 15.4. The van der Waals surface area contributed by atoms with Crippen LogP contribution in [0.25, 0.3) is 0 Å². The van der Waals surface area contributed by atoms with Crippen LogP contribution in [0.15, 0.2) is 40.5 Å². The Kier molecular flexibility index (Phi) is 6.90. The molecule has 7 heteroatoms. The van der Waals surface area contributed by atoms with Crippen molar-refractivity contribution in [1.29, 1.82) is 5.26 Å². The van der Waals surface area contributed by atoms with E-state index in [1.165, 1.54) is 11.8 Å². The summed E-state index contributed by atoms with van der Waals surface area (Å²) in [5, 5.41) is 12.5. The zero-order chi connectivity index (χ0) is 18.2. The van der Waals surface area contributed by atoms with Gasteiger partial charge in [-0.2, -0.15) is 5.26 Å². The fourth-order valence-corrected chi connectivity index (χ4v) is 3.12. The Morgan fingerprint density at radius 1 is 1.36 bits per heavy atom. The van der Waals surface area contributed by atoms with E-state index in [1.54, 1.807) is 6.92 Å². The molecule has 1 aromatic carbocycles. The summed E-state index contributed by atoms with van der Waals surface area (Å²) in [5.41, 5.74) is 1.92. The molecule has 1 aliphatic heterocycles. The molecule has 0 radical (unpaired) electrons. The molecule has 0 aliphatic carbocycles. The van der Waals surface area contributed by atoms with Crippen LogP contribution in [0.5, 0.6) is 5.75 Å². The van der Waals surface area contributed by atoms with E-state index in [9.17, 15) is 4.79 Å². The number of nitriles is 1. The highest BCUT2D eigenvalue weighted by Crippen LogP contribution is 2.37. The van der Waals surface area contributed by atoms with Gasteiger partial charge in [0, 0.05) is 11.3 Å². The number of amidine groups is 1. The quantitative estimate of drug-likeness (QED) is 0.786. The van der Waals surface area contributed by atoms with Gasteiger partial charge in [-0.15, -0.1) is 0 Å². The Labute approximate surface area is 151 Å². The molecule has 0 saturated heterocycles. The van der Waals surface area contributed by atoms with E-state index >= 15 is 0 Å². The number of thioether (sulfide) groups is 1. The maximum atomic E-state index is 12.5. The number of aliphatic imine (C=N–C) groups is 1. The second-order valence-electron chi connectivity index (χ2n) is 5.14. The molecule has 0 spiro atoms. The molecule has 0 saturated carbocycles. The van der Waals surface area contributed by atoms with Crippen molar-refractivity contribution in [3.63, 3.8) is 0 Å². The largest absolute Gasteiger partial charge is 0.494 e. The SMILES string of the molecule is CCOC(=O)C1=C(C)NC(SCC#N)=N[C@@H]1c1ccccc1OCC. The van der Waals surface area contributed by atoms with Crippen LogP contribution in [0, 0.1) is 11.3 Å². The summed E-state index contributed by atoms with van der Waals surface area (Å²) < 4.78 is 10.9. The summed E-state index contributed by atoms with van der Waals surface area (Å²) in [5.74, 6) is 0.546. The van der Waals surface area contributed by atoms with Crippen molar-refractivity contribution in [2.24, 2.45) is 4.99 Å². The van der Waals surface area contributed by atoms with Crippen LogP contribution in [-0.4, -0.2) is 30.1 Å². The van der Waals surface area contributed by atoms with Gasteiger partial charge in [-0.05, 0) is 26.8 Å². The molecule has 1 aliphatic rings. The number of hydrogen-bond donors (Lipinski definition) is 1. The lowest BCUT2D eigenvalue weighted by Gasteiger charge is -2.26. The first-order valence-corrected chi connectivity index (χ1v) is 9.05. The smallest absolute Gasteiger partial charge is 0.338 e. The summed E-state index contributed by atoms with van der Waals surface area (Å²) in [6.45, 7) is 6.28. The third kappa shape index (κ3) is 4.54. The molecule has 1 heterocycles. The minimum Gasteiger partial charge on any atom is -0.494 e. The lowest BCUT2D eigenvalue weighted by molar-refractivity contribution is -0.138. The van der Waals surface area contributed by atoms with Crippen molar-refractivity contribution in [3.8, 4) is 11.8 Å². The third-order valence-electron chi connectivity index (χ3n) is 3.50. The molecule has 0 fully saturated rings. The summed E-state index contributed by atoms with van der Waals surface area (Å²) >= 11 is 1.30. The standard InChI is InChI=1S/C18H21N3O3S/c1-4-23-14-9-7-6-8-13(14)16-15(17(22)24-5-2)12(3)20-18(21-16)25-11-10-19/h6-9,16H,4-5,11H2,1-3H3,(H,20,21)/t16-/m1/s1. The number of carbonyl (C=O) groups excluding carboxylic acids is 1. The van der Waals surface area contributed by atoms with Crippen LogP contribution in [0.3, 0.4) is 0 Å². The molecule has 2 rings (SSSR count). The van der Waals surface area contributed by atoms with Gasteiger partial charge in [-0.1, -0.05) is 30.0 Å². The highest BCUT2D eigenvalue weighted by Gasteiger charge is 2.32. The second kappa shape index (κ2) is 9.14. The Morgan fingerprint density at radius 2 is 2.12 bits per heavy atom. The number of carbonyl (C=O) groups is 1. The van der Waals surface area contributed by atoms with Crippen LogP contribution < -0.4 is 10.1 Å². The molecule has 25 heavy (non-hydrogen) atoms. The van der Waals surface area contributed by atoms with E-state index in [0.717, 1.165) is 5.56 Å². The van der Waals surface area contributed by atoms with Crippen LogP contribution in [0.1, 0.15) is 32.4 Å². The van der Waals surface area contributed by atoms with Gasteiger partial charge in [-0.3, -0.25) is 0 Å². The number of rotatable bonds is 6. The summed E-state index contributed by atoms with van der Waals surface area (Å²) in [6, 6.07) is 9.06. The van der Waals surface area contributed by atoms with Crippen molar-refractivity contribution in [2.75, 3.05) is 19.0 Å². The second-order valence-corrected chi connectivity index (χ2v) is 6.10. The van der Waals surface area contributed by atoms with Crippen molar-refractivity contribution in [2.45, 2.75) is 26.8 Å². The van der Waals surface area contributed by atoms with E-state index in [-0.39, 0.29) is 12.4 Å². The maximum Gasteiger partial charge on any atom is 0.338 e. The molecular formula is C18H21N3O3S. The average Bonchev–Trinajstić information content (AvgIpc) is 2.60. The Hall–Kier alpha value is -2.46. The first-order valence-electron chi connectivity index (χ1n) is 8.06. The molecule has 0 aromatic heterocycles. The van der Waals surface area contributed by atoms with E-state index < -0.39 is 12.0 Å². The van der Waals surface area contributed by atoms with Crippen LogP contribution in [0.2, 0.25) is 0 Å². The summed E-state index contributed by atoms with van der Waals surface area (Å²) in [7, 11) is 0. The van der Waals surface area contributed by atoms with E-state index in [0.29, 0.717) is 28.8 Å². The van der Waals surface area contributed by atoms with E-state index in [4.69, 9.17) is 14.7 Å². The van der Waals surface area contributed by atoms with Crippen molar-refractivity contribution < 1.29 is 14.3 Å². The first kappa shape index (κ1) is 18.9. The summed E-state index contributed by atoms with van der Waals surface area (Å²) in [4.78, 5) is 17.1. The van der Waals surface area contributed by atoms with Crippen LogP contribution in [0.4, 0.5) is 0 Å². The molecular weight excluding hydrogens is 338 g/mol. The van der Waals surface area contributed by atoms with Crippen molar-refractivity contribution >= 4 is 22.9 Å². The average molecular weight is 359 g/mol. The molecule has 1 atom stereocenters. The highest BCUT2D eigenvalue weighted by molar-refractivity contribution is 8.14. The maximum absolute atomic E-state index is 12.5. The predicted octanol–water partition coefficient (Wildman–Crippen LogP) is 3.18. The van der Waals surface area contributed by atoms with Crippen molar-refractivity contribution in [3.05, 3.63) is 41.1 Å². The number of nitrogens with one attached hydrogen (secondary N) is 1. The number of nitrogens with zero attached hydrogens (tertiary/aromatic N) is 2. The molecule has 132 valence electrons. The lowest BCUT2D eigenvalue weighted by Crippen LogP contribution is -2.30. The number of benzene rings is 1. The van der Waals surface area contributed by atoms with Gasteiger partial charge < -0.3 is 14.8 Å². The number of para-hydroxylation sites is 1. The van der Waals surface area contributed by atoms with Gasteiger partial charge in [0.25, 0.3) is 0 Å². The van der Waals surface area contributed by atoms with Gasteiger partial charge in [-0.25, -0.2) is 9.79 Å². The normalized spacial score (nSPS) is 16.6. The molecule has 0 amide bonds. The van der Waals surface area contributed by atoms with Gasteiger partial charge in [0.05, 0.1) is 30.6 Å². The molecule has 0 unspecified atom stereocenters. The fourth-order valence-electron chi connectivity index (χ4n) is 2.51. The molecule has 1 N–H and O–H groups in total. The minimum atomic E-state index is -0.538. The Bertz CT molecular complexity index is 737. The minimum absolute atomic E-state index is 0.272. The lowest BCUT2D eigenvalue weighted by atomic mass is 9.96.